The molecular formula is C13H17N3O2S. The maximum Gasteiger partial charge on any atom is 0.235 e. The molecule has 0 saturated heterocycles. The molecule has 19 heavy (non-hydrogen) atoms. The highest BCUT2D eigenvalue weighted by atomic mass is 32.2. The SMILES string of the molecule is COc1ccc2nc(S[C@@H](C)C(=O)N(C)C)[nH]c2c1. The van der Waals surface area contributed by atoms with Crippen molar-refractivity contribution in [1.29, 1.82) is 0 Å². The first-order valence-corrected chi connectivity index (χ1v) is 6.81. The molecule has 0 bridgehead atoms. The summed E-state index contributed by atoms with van der Waals surface area (Å²) in [6.45, 7) is 1.88. The summed E-state index contributed by atoms with van der Waals surface area (Å²) in [7, 11) is 5.14. The van der Waals surface area contributed by atoms with Crippen LogP contribution in [0.1, 0.15) is 6.92 Å². The van der Waals surface area contributed by atoms with E-state index >= 15 is 0 Å². The number of hydrogen-bond acceptors (Lipinski definition) is 4. The van der Waals surface area contributed by atoms with Gasteiger partial charge in [-0.1, -0.05) is 11.8 Å². The van der Waals surface area contributed by atoms with Crippen molar-refractivity contribution in [2.45, 2.75) is 17.3 Å². The fourth-order valence-corrected chi connectivity index (χ4v) is 2.70. The van der Waals surface area contributed by atoms with Gasteiger partial charge >= 0.3 is 0 Å². The molecule has 1 aromatic carbocycles. The Bertz CT molecular complexity index is 595. The van der Waals surface area contributed by atoms with Gasteiger partial charge in [0.1, 0.15) is 5.75 Å². The lowest BCUT2D eigenvalue weighted by Gasteiger charge is -2.14. The molecule has 0 aliphatic heterocycles. The van der Waals surface area contributed by atoms with Gasteiger partial charge in [0.2, 0.25) is 5.91 Å². The summed E-state index contributed by atoms with van der Waals surface area (Å²) < 4.78 is 5.17. The van der Waals surface area contributed by atoms with Crippen molar-refractivity contribution >= 4 is 28.7 Å². The Hall–Kier alpha value is -1.69. The first kappa shape index (κ1) is 13.7. The molecule has 0 saturated carbocycles. The van der Waals surface area contributed by atoms with Gasteiger partial charge in [-0.05, 0) is 19.1 Å². The van der Waals surface area contributed by atoms with Crippen LogP contribution in [-0.2, 0) is 4.79 Å². The van der Waals surface area contributed by atoms with Crippen molar-refractivity contribution in [3.63, 3.8) is 0 Å². The number of hydrogen-bond donors (Lipinski definition) is 1. The van der Waals surface area contributed by atoms with E-state index in [4.69, 9.17) is 4.74 Å². The zero-order valence-electron chi connectivity index (χ0n) is 11.4. The molecule has 1 heterocycles. The van der Waals surface area contributed by atoms with Gasteiger partial charge in [0.25, 0.3) is 0 Å². The highest BCUT2D eigenvalue weighted by molar-refractivity contribution is 8.00. The zero-order chi connectivity index (χ0) is 14.0. The topological polar surface area (TPSA) is 58.2 Å². The highest BCUT2D eigenvalue weighted by Crippen LogP contribution is 2.26. The Balaban J connectivity index is 2.19. The molecule has 0 aliphatic rings. The molecule has 0 radical (unpaired) electrons. The van der Waals surface area contributed by atoms with E-state index in [1.54, 1.807) is 26.1 Å². The largest absolute Gasteiger partial charge is 0.497 e. The van der Waals surface area contributed by atoms with E-state index < -0.39 is 0 Å². The average molecular weight is 279 g/mol. The monoisotopic (exact) mass is 279 g/mol. The van der Waals surface area contributed by atoms with Gasteiger partial charge in [-0.25, -0.2) is 4.98 Å². The van der Waals surface area contributed by atoms with E-state index in [0.717, 1.165) is 21.9 Å². The van der Waals surface area contributed by atoms with Crippen LogP contribution in [0.4, 0.5) is 0 Å². The van der Waals surface area contributed by atoms with Crippen molar-refractivity contribution in [2.75, 3.05) is 21.2 Å². The minimum atomic E-state index is -0.169. The van der Waals surface area contributed by atoms with Crippen LogP contribution in [-0.4, -0.2) is 47.2 Å². The molecule has 0 unspecified atom stereocenters. The van der Waals surface area contributed by atoms with Crippen molar-refractivity contribution in [1.82, 2.24) is 14.9 Å². The Morgan fingerprint density at radius 1 is 1.47 bits per heavy atom. The van der Waals surface area contributed by atoms with Crippen LogP contribution < -0.4 is 4.74 Å². The van der Waals surface area contributed by atoms with Crippen molar-refractivity contribution in [3.8, 4) is 5.75 Å². The molecule has 6 heteroatoms. The minimum Gasteiger partial charge on any atom is -0.497 e. The van der Waals surface area contributed by atoms with Crippen LogP contribution in [0.25, 0.3) is 11.0 Å². The fraction of sp³-hybridized carbons (Fsp3) is 0.385. The third kappa shape index (κ3) is 3.01. The Labute approximate surface area is 116 Å². The van der Waals surface area contributed by atoms with Crippen LogP contribution in [0.15, 0.2) is 23.4 Å². The number of carbonyl (C=O) groups excluding carboxylic acids is 1. The Morgan fingerprint density at radius 2 is 2.21 bits per heavy atom. The zero-order valence-corrected chi connectivity index (χ0v) is 12.2. The number of rotatable bonds is 4. The molecule has 102 valence electrons. The van der Waals surface area contributed by atoms with Crippen LogP contribution in [0.2, 0.25) is 0 Å². The standard InChI is InChI=1S/C13H17N3O2S/c1-8(12(17)16(2)3)19-13-14-10-6-5-9(18-4)7-11(10)15-13/h5-8H,1-4H3,(H,14,15)/t8-/m0/s1. The maximum absolute atomic E-state index is 11.8. The number of fused-ring (bicyclic) bond motifs is 1. The van der Waals surface area contributed by atoms with E-state index in [9.17, 15) is 4.79 Å². The van der Waals surface area contributed by atoms with Crippen molar-refractivity contribution in [2.24, 2.45) is 0 Å². The number of thioether (sulfide) groups is 1. The summed E-state index contributed by atoms with van der Waals surface area (Å²) in [5, 5.41) is 0.573. The molecule has 0 spiro atoms. The number of nitrogens with one attached hydrogen (secondary N) is 1. The maximum atomic E-state index is 11.8. The van der Waals surface area contributed by atoms with Gasteiger partial charge in [-0.3, -0.25) is 4.79 Å². The normalized spacial score (nSPS) is 12.4. The van der Waals surface area contributed by atoms with Crippen LogP contribution >= 0.6 is 11.8 Å². The predicted molar refractivity (Wildman–Crippen MR) is 76.7 cm³/mol. The van der Waals surface area contributed by atoms with Gasteiger partial charge < -0.3 is 14.6 Å². The van der Waals surface area contributed by atoms with E-state index in [0.29, 0.717) is 0 Å². The summed E-state index contributed by atoms with van der Waals surface area (Å²) in [6.07, 6.45) is 0. The number of aromatic nitrogens is 2. The third-order valence-electron chi connectivity index (χ3n) is 2.74. The number of benzene rings is 1. The Kier molecular flexibility index (Phi) is 3.99. The number of nitrogens with zero attached hydrogens (tertiary/aromatic N) is 2. The third-order valence-corrected chi connectivity index (χ3v) is 3.72. The van der Waals surface area contributed by atoms with Crippen LogP contribution in [0.5, 0.6) is 5.75 Å². The number of ether oxygens (including phenoxy) is 1. The van der Waals surface area contributed by atoms with Crippen LogP contribution in [0, 0.1) is 0 Å². The molecule has 1 N–H and O–H groups in total. The van der Waals surface area contributed by atoms with Gasteiger partial charge in [0, 0.05) is 20.2 Å². The second kappa shape index (κ2) is 5.52. The number of methoxy groups -OCH3 is 1. The van der Waals surface area contributed by atoms with E-state index in [1.807, 2.05) is 25.1 Å². The van der Waals surface area contributed by atoms with Crippen molar-refractivity contribution in [3.05, 3.63) is 18.2 Å². The molecule has 1 amide bonds. The first-order chi connectivity index (χ1) is 9.01. The summed E-state index contributed by atoms with van der Waals surface area (Å²) >= 11 is 1.42. The lowest BCUT2D eigenvalue weighted by Crippen LogP contribution is -2.29. The van der Waals surface area contributed by atoms with Gasteiger partial charge in [0.15, 0.2) is 5.16 Å². The van der Waals surface area contributed by atoms with E-state index in [2.05, 4.69) is 9.97 Å². The fourth-order valence-electron chi connectivity index (χ4n) is 1.73. The summed E-state index contributed by atoms with van der Waals surface area (Å²) in [4.78, 5) is 21.0. The molecule has 2 rings (SSSR count). The number of carbonyl (C=O) groups is 1. The number of amides is 1. The smallest absolute Gasteiger partial charge is 0.235 e. The molecule has 0 fully saturated rings. The van der Waals surface area contributed by atoms with Gasteiger partial charge in [-0.2, -0.15) is 0 Å². The number of H-pyrrole nitrogens is 1. The molecule has 0 aliphatic carbocycles. The summed E-state index contributed by atoms with van der Waals surface area (Å²) in [5.41, 5.74) is 1.78. The molecule has 1 aromatic heterocycles. The highest BCUT2D eigenvalue weighted by Gasteiger charge is 2.18. The number of aromatic amines is 1. The van der Waals surface area contributed by atoms with Crippen LogP contribution in [0.3, 0.4) is 0 Å². The molecule has 2 aromatic rings. The lowest BCUT2D eigenvalue weighted by molar-refractivity contribution is -0.127. The average Bonchev–Trinajstić information content (AvgIpc) is 2.78. The van der Waals surface area contributed by atoms with E-state index in [1.165, 1.54) is 11.8 Å². The second-order valence-electron chi connectivity index (χ2n) is 4.42. The second-order valence-corrected chi connectivity index (χ2v) is 5.75. The van der Waals surface area contributed by atoms with Crippen molar-refractivity contribution < 1.29 is 9.53 Å². The quantitative estimate of drug-likeness (QED) is 0.871. The lowest BCUT2D eigenvalue weighted by atomic mass is 10.3. The minimum absolute atomic E-state index is 0.0723. The first-order valence-electron chi connectivity index (χ1n) is 5.93. The molecule has 1 atom stereocenters. The molecular weight excluding hydrogens is 262 g/mol. The summed E-state index contributed by atoms with van der Waals surface area (Å²) in [6, 6.07) is 5.66. The summed E-state index contributed by atoms with van der Waals surface area (Å²) in [5.74, 6) is 0.855. The van der Waals surface area contributed by atoms with Gasteiger partial charge in [0.05, 0.1) is 23.4 Å². The van der Waals surface area contributed by atoms with E-state index in [-0.39, 0.29) is 11.2 Å². The predicted octanol–water partition coefficient (Wildman–Crippen LogP) is 2.14. The number of imidazole rings is 1. The molecule has 5 nitrogen and oxygen atoms in total. The van der Waals surface area contributed by atoms with Gasteiger partial charge in [-0.15, -0.1) is 0 Å². The Morgan fingerprint density at radius 3 is 2.84 bits per heavy atom.